The van der Waals surface area contributed by atoms with Crippen LogP contribution in [0.3, 0.4) is 0 Å². The molecule has 3 aromatic heterocycles. The quantitative estimate of drug-likeness (QED) is 0.327. The van der Waals surface area contributed by atoms with Crippen LogP contribution in [0, 0.1) is 6.92 Å². The summed E-state index contributed by atoms with van der Waals surface area (Å²) in [5.74, 6) is 0.661. The molecule has 0 saturated heterocycles. The fourth-order valence-corrected chi connectivity index (χ4v) is 4.28. The lowest BCUT2D eigenvalue weighted by atomic mass is 10.2. The van der Waals surface area contributed by atoms with Crippen LogP contribution in [0.4, 0.5) is 0 Å². The minimum atomic E-state index is -0.0987. The van der Waals surface area contributed by atoms with E-state index in [-0.39, 0.29) is 5.56 Å². The minimum absolute atomic E-state index is 0.0987. The van der Waals surface area contributed by atoms with E-state index in [1.54, 1.807) is 4.57 Å². The molecular weight excluding hydrogens is 438 g/mol. The number of ether oxygens (including phenoxy) is 1. The first-order chi connectivity index (χ1) is 16.1. The Hall–Kier alpha value is -3.29. The Morgan fingerprint density at radius 2 is 1.67 bits per heavy atom. The predicted molar refractivity (Wildman–Crippen MR) is 131 cm³/mol. The molecule has 0 fully saturated rings. The molecule has 5 aromatic rings. The summed E-state index contributed by atoms with van der Waals surface area (Å²) in [7, 11) is 0. The second-order valence-corrected chi connectivity index (χ2v) is 8.40. The smallest absolute Gasteiger partial charge is 0.265 e. The highest BCUT2D eigenvalue weighted by Gasteiger charge is 2.21. The highest BCUT2D eigenvalue weighted by molar-refractivity contribution is 6.30. The number of aryl methyl sites for hydroxylation is 1. The number of aromatic nitrogens is 5. The molecule has 3 heterocycles. The molecule has 0 radical (unpaired) electrons. The number of hydrogen-bond donors (Lipinski definition) is 0. The van der Waals surface area contributed by atoms with Crippen molar-refractivity contribution in [2.45, 2.75) is 33.4 Å². The van der Waals surface area contributed by atoms with Crippen LogP contribution in [0.15, 0.2) is 53.3 Å². The van der Waals surface area contributed by atoms with Crippen molar-refractivity contribution in [3.8, 4) is 0 Å². The first-order valence-corrected chi connectivity index (χ1v) is 11.4. The van der Waals surface area contributed by atoms with Gasteiger partial charge >= 0.3 is 0 Å². The van der Waals surface area contributed by atoms with Gasteiger partial charge < -0.3 is 9.30 Å². The Bertz CT molecular complexity index is 1520. The van der Waals surface area contributed by atoms with E-state index >= 15 is 0 Å². The first-order valence-electron chi connectivity index (χ1n) is 11.0. The fourth-order valence-electron chi connectivity index (χ4n) is 4.15. The summed E-state index contributed by atoms with van der Waals surface area (Å²) in [6, 6.07) is 15.3. The van der Waals surface area contributed by atoms with Crippen molar-refractivity contribution >= 4 is 44.8 Å². The minimum Gasteiger partial charge on any atom is -0.382 e. The molecule has 0 aliphatic carbocycles. The number of benzene rings is 2. The van der Waals surface area contributed by atoms with Crippen LogP contribution >= 0.6 is 11.6 Å². The molecule has 2 aromatic carbocycles. The number of rotatable bonds is 7. The van der Waals surface area contributed by atoms with Crippen LogP contribution in [-0.2, 0) is 17.8 Å². The summed E-state index contributed by atoms with van der Waals surface area (Å²) in [5, 5.41) is 1.18. The lowest BCUT2D eigenvalue weighted by Gasteiger charge is -2.11. The van der Waals surface area contributed by atoms with E-state index in [0.29, 0.717) is 59.3 Å². The second kappa shape index (κ2) is 8.92. The molecule has 0 bridgehead atoms. The zero-order chi connectivity index (χ0) is 22.9. The van der Waals surface area contributed by atoms with Gasteiger partial charge in [0.05, 0.1) is 17.6 Å². The van der Waals surface area contributed by atoms with Crippen LogP contribution in [-0.4, -0.2) is 37.3 Å². The van der Waals surface area contributed by atoms with E-state index < -0.39 is 0 Å². The maximum Gasteiger partial charge on any atom is 0.265 e. The van der Waals surface area contributed by atoms with Gasteiger partial charge in [-0.15, -0.1) is 0 Å². The van der Waals surface area contributed by atoms with E-state index in [4.69, 9.17) is 31.3 Å². The number of halogens is 1. The Morgan fingerprint density at radius 1 is 0.939 bits per heavy atom. The van der Waals surface area contributed by atoms with Gasteiger partial charge in [0.1, 0.15) is 16.7 Å². The van der Waals surface area contributed by atoms with Gasteiger partial charge in [0, 0.05) is 24.8 Å². The third-order valence-electron chi connectivity index (χ3n) is 5.77. The Kier molecular flexibility index (Phi) is 5.83. The van der Waals surface area contributed by atoms with Crippen LogP contribution < -0.4 is 5.56 Å². The number of fused-ring (bicyclic) bond motifs is 4. The molecule has 168 valence electrons. The van der Waals surface area contributed by atoms with Crippen LogP contribution in [0.5, 0.6) is 0 Å². The monoisotopic (exact) mass is 461 g/mol. The van der Waals surface area contributed by atoms with Gasteiger partial charge in [0.25, 0.3) is 5.56 Å². The highest BCUT2D eigenvalue weighted by atomic mass is 35.5. The normalized spacial score (nSPS) is 11.7. The molecule has 8 heteroatoms. The third-order valence-corrected chi connectivity index (χ3v) is 6.02. The van der Waals surface area contributed by atoms with Gasteiger partial charge in [-0.25, -0.2) is 15.0 Å². The summed E-state index contributed by atoms with van der Waals surface area (Å²) in [6.45, 7) is 6.13. The summed E-state index contributed by atoms with van der Waals surface area (Å²) in [6.07, 6.45) is 0.736. The van der Waals surface area contributed by atoms with Gasteiger partial charge in [-0.1, -0.05) is 35.9 Å². The van der Waals surface area contributed by atoms with Crippen molar-refractivity contribution in [3.05, 3.63) is 75.3 Å². The van der Waals surface area contributed by atoms with Gasteiger partial charge in [0.2, 0.25) is 0 Å². The summed E-state index contributed by atoms with van der Waals surface area (Å²) in [4.78, 5) is 28.2. The lowest BCUT2D eigenvalue weighted by Crippen LogP contribution is -2.25. The summed E-state index contributed by atoms with van der Waals surface area (Å²) >= 11 is 6.07. The molecule has 0 saturated carbocycles. The van der Waals surface area contributed by atoms with Crippen molar-refractivity contribution in [1.29, 1.82) is 0 Å². The Morgan fingerprint density at radius 3 is 2.39 bits per heavy atom. The largest absolute Gasteiger partial charge is 0.382 e. The summed E-state index contributed by atoms with van der Waals surface area (Å²) in [5.41, 5.74) is 4.28. The van der Waals surface area contributed by atoms with Crippen LogP contribution in [0.25, 0.3) is 33.2 Å². The van der Waals surface area contributed by atoms with Crippen molar-refractivity contribution in [2.75, 3.05) is 13.2 Å². The topological polar surface area (TPSA) is 74.8 Å². The predicted octanol–water partition coefficient (Wildman–Crippen LogP) is 4.73. The van der Waals surface area contributed by atoms with E-state index in [1.165, 1.54) is 0 Å². The maximum atomic E-state index is 13.7. The third kappa shape index (κ3) is 3.98. The average molecular weight is 462 g/mol. The molecule has 0 aliphatic heterocycles. The van der Waals surface area contributed by atoms with E-state index in [2.05, 4.69) is 0 Å². The molecule has 7 nitrogen and oxygen atoms in total. The van der Waals surface area contributed by atoms with Crippen molar-refractivity contribution in [3.63, 3.8) is 0 Å². The molecular formula is C25H24ClN5O2. The molecule has 0 spiro atoms. The van der Waals surface area contributed by atoms with E-state index in [9.17, 15) is 4.79 Å². The molecule has 0 atom stereocenters. The average Bonchev–Trinajstić information content (AvgIpc) is 3.10. The van der Waals surface area contributed by atoms with Crippen molar-refractivity contribution in [1.82, 2.24) is 24.1 Å². The van der Waals surface area contributed by atoms with Crippen molar-refractivity contribution < 1.29 is 4.74 Å². The zero-order valence-corrected chi connectivity index (χ0v) is 19.3. The highest BCUT2D eigenvalue weighted by Crippen LogP contribution is 2.26. The fraction of sp³-hybridized carbons (Fsp3) is 0.280. The lowest BCUT2D eigenvalue weighted by molar-refractivity contribution is 0.141. The van der Waals surface area contributed by atoms with Gasteiger partial charge in [-0.3, -0.25) is 9.36 Å². The summed E-state index contributed by atoms with van der Waals surface area (Å²) < 4.78 is 9.14. The second-order valence-electron chi connectivity index (χ2n) is 7.96. The molecule has 0 aliphatic rings. The van der Waals surface area contributed by atoms with E-state index in [0.717, 1.165) is 23.0 Å². The van der Waals surface area contributed by atoms with Crippen molar-refractivity contribution in [2.24, 2.45) is 0 Å². The number of nitrogens with zero attached hydrogens (tertiary/aromatic N) is 5. The van der Waals surface area contributed by atoms with E-state index in [1.807, 2.05) is 66.9 Å². The maximum absolute atomic E-state index is 13.7. The first kappa shape index (κ1) is 21.6. The standard InChI is InChI=1S/C25H24ClN5O2/c1-3-33-14-6-13-30-16(2)27-23-21(25(30)32)22-24(29-20-8-5-4-7-19(20)28-22)31(23)15-17-9-11-18(26)12-10-17/h4-5,7-12H,3,6,13-15H2,1-2H3. The van der Waals surface area contributed by atoms with Gasteiger partial charge in [0.15, 0.2) is 11.3 Å². The van der Waals surface area contributed by atoms with Gasteiger partial charge in [-0.2, -0.15) is 0 Å². The molecule has 0 amide bonds. The number of para-hydroxylation sites is 2. The number of hydrogen-bond acceptors (Lipinski definition) is 5. The van der Waals surface area contributed by atoms with Gasteiger partial charge in [-0.05, 0) is 50.1 Å². The van der Waals surface area contributed by atoms with Crippen LogP contribution in [0.1, 0.15) is 24.7 Å². The molecule has 5 rings (SSSR count). The zero-order valence-electron chi connectivity index (χ0n) is 18.6. The molecule has 0 unspecified atom stereocenters. The Labute approximate surface area is 195 Å². The molecule has 0 N–H and O–H groups in total. The Balaban J connectivity index is 1.75. The SMILES string of the molecule is CCOCCCn1c(C)nc2c(c1=O)c1nc3ccccc3nc1n2Cc1ccc(Cl)cc1. The molecule has 33 heavy (non-hydrogen) atoms. The van der Waals surface area contributed by atoms with Crippen LogP contribution in [0.2, 0.25) is 5.02 Å².